The Bertz CT molecular complexity index is 384. The third-order valence-corrected chi connectivity index (χ3v) is 1.75. The predicted molar refractivity (Wildman–Crippen MR) is 47.6 cm³/mol. The van der Waals surface area contributed by atoms with Gasteiger partial charge in [0.25, 0.3) is 0 Å². The number of nitrogens with zero attached hydrogens (tertiary/aromatic N) is 2. The first-order valence-corrected chi connectivity index (χ1v) is 4.27. The van der Waals surface area contributed by atoms with Gasteiger partial charge in [0, 0.05) is 11.7 Å². The fourth-order valence-electron chi connectivity index (χ4n) is 0.985. The Morgan fingerprint density at radius 1 is 1.53 bits per heavy atom. The molecule has 82 valence electrons. The van der Waals surface area contributed by atoms with Crippen LogP contribution in [-0.4, -0.2) is 16.1 Å². The molecule has 1 aromatic rings. The van der Waals surface area contributed by atoms with Crippen LogP contribution in [0.4, 0.5) is 13.2 Å². The van der Waals surface area contributed by atoms with Gasteiger partial charge in [-0.05, 0) is 0 Å². The average Bonchev–Trinajstić information content (AvgIpc) is 2.57. The first-order valence-electron chi connectivity index (χ1n) is 3.84. The first kappa shape index (κ1) is 11.8. The fourth-order valence-corrected chi connectivity index (χ4v) is 1.06. The Kier molecular flexibility index (Phi) is 3.52. The fraction of sp³-hybridized carbons (Fsp3) is 0.250. The molecular weight excluding hydrogens is 233 g/mol. The Labute approximate surface area is 88.1 Å². The number of hydrogen-bond donors (Lipinski definition) is 0. The lowest BCUT2D eigenvalue weighted by atomic mass is 10.3. The van der Waals surface area contributed by atoms with Crippen molar-refractivity contribution in [1.82, 2.24) is 9.78 Å². The molecule has 0 aliphatic carbocycles. The van der Waals surface area contributed by atoms with E-state index in [1.807, 2.05) is 0 Å². The molecule has 0 fully saturated rings. The SMILES string of the molecule is O=Cc1cn(CC=CCl)nc1C(F)(F)F. The second-order valence-corrected chi connectivity index (χ2v) is 2.88. The zero-order valence-electron chi connectivity index (χ0n) is 7.33. The summed E-state index contributed by atoms with van der Waals surface area (Å²) in [5.74, 6) is 0. The summed E-state index contributed by atoms with van der Waals surface area (Å²) in [5, 5.41) is 3.24. The van der Waals surface area contributed by atoms with Crippen molar-refractivity contribution in [1.29, 1.82) is 0 Å². The molecular formula is C8H6ClF3N2O. The maximum Gasteiger partial charge on any atom is 0.435 e. The molecule has 3 nitrogen and oxygen atoms in total. The zero-order valence-corrected chi connectivity index (χ0v) is 8.09. The molecule has 0 amide bonds. The highest BCUT2D eigenvalue weighted by Gasteiger charge is 2.36. The van der Waals surface area contributed by atoms with Crippen molar-refractivity contribution in [3.8, 4) is 0 Å². The summed E-state index contributed by atoms with van der Waals surface area (Å²) < 4.78 is 37.9. The number of halogens is 4. The van der Waals surface area contributed by atoms with Gasteiger partial charge in [0.1, 0.15) is 0 Å². The molecule has 15 heavy (non-hydrogen) atoms. The quantitative estimate of drug-likeness (QED) is 0.759. The van der Waals surface area contributed by atoms with E-state index in [1.165, 1.54) is 6.08 Å². The molecule has 0 spiro atoms. The van der Waals surface area contributed by atoms with Crippen LogP contribution in [0.2, 0.25) is 0 Å². The molecule has 0 N–H and O–H groups in total. The van der Waals surface area contributed by atoms with E-state index < -0.39 is 17.4 Å². The number of rotatable bonds is 3. The molecule has 0 saturated heterocycles. The van der Waals surface area contributed by atoms with Crippen LogP contribution in [0.3, 0.4) is 0 Å². The third-order valence-electron chi connectivity index (χ3n) is 1.57. The third kappa shape index (κ3) is 2.82. The Hall–Kier alpha value is -1.30. The molecule has 0 aliphatic rings. The van der Waals surface area contributed by atoms with E-state index in [0.717, 1.165) is 16.4 Å². The summed E-state index contributed by atoms with van der Waals surface area (Å²) in [6.07, 6.45) is -2.07. The van der Waals surface area contributed by atoms with Crippen molar-refractivity contribution < 1.29 is 18.0 Å². The van der Waals surface area contributed by atoms with Crippen molar-refractivity contribution in [3.63, 3.8) is 0 Å². The van der Waals surface area contributed by atoms with Gasteiger partial charge in [-0.25, -0.2) is 0 Å². The molecule has 0 aromatic carbocycles. The molecule has 7 heteroatoms. The number of hydrogen-bond acceptors (Lipinski definition) is 2. The molecule has 0 aliphatic heterocycles. The van der Waals surface area contributed by atoms with Crippen molar-refractivity contribution in [2.75, 3.05) is 0 Å². The Balaban J connectivity index is 3.06. The van der Waals surface area contributed by atoms with Crippen LogP contribution in [-0.2, 0) is 12.7 Å². The molecule has 1 rings (SSSR count). The summed E-state index contributed by atoms with van der Waals surface area (Å²) in [5.41, 5.74) is -0.499. The smallest absolute Gasteiger partial charge is 0.298 e. The highest BCUT2D eigenvalue weighted by molar-refractivity contribution is 6.25. The van der Waals surface area contributed by atoms with Gasteiger partial charge in [-0.1, -0.05) is 17.7 Å². The van der Waals surface area contributed by atoms with E-state index in [0.29, 0.717) is 0 Å². The number of carbonyl (C=O) groups excluding carboxylic acids is 1. The lowest BCUT2D eigenvalue weighted by molar-refractivity contribution is -0.141. The second-order valence-electron chi connectivity index (χ2n) is 2.63. The lowest BCUT2D eigenvalue weighted by Crippen LogP contribution is -2.09. The number of allylic oxidation sites excluding steroid dienone is 1. The van der Waals surface area contributed by atoms with Gasteiger partial charge in [-0.2, -0.15) is 18.3 Å². The van der Waals surface area contributed by atoms with Crippen molar-refractivity contribution in [2.24, 2.45) is 0 Å². The van der Waals surface area contributed by atoms with Crippen LogP contribution in [0.15, 0.2) is 17.8 Å². The largest absolute Gasteiger partial charge is 0.435 e. The summed E-state index contributed by atoms with van der Waals surface area (Å²) in [6, 6.07) is 0. The minimum Gasteiger partial charge on any atom is -0.298 e. The van der Waals surface area contributed by atoms with Crippen LogP contribution in [0.25, 0.3) is 0 Å². The first-order chi connectivity index (χ1) is 6.99. The van der Waals surface area contributed by atoms with Gasteiger partial charge in [0.05, 0.1) is 12.1 Å². The summed E-state index contributed by atoms with van der Waals surface area (Å²) in [7, 11) is 0. The van der Waals surface area contributed by atoms with E-state index >= 15 is 0 Å². The molecule has 0 saturated carbocycles. The maximum absolute atomic E-state index is 12.3. The highest BCUT2D eigenvalue weighted by atomic mass is 35.5. The minimum absolute atomic E-state index is 0.0837. The second kappa shape index (κ2) is 4.48. The van der Waals surface area contributed by atoms with Crippen LogP contribution >= 0.6 is 11.6 Å². The van der Waals surface area contributed by atoms with Gasteiger partial charge >= 0.3 is 6.18 Å². The highest BCUT2D eigenvalue weighted by Crippen LogP contribution is 2.29. The van der Waals surface area contributed by atoms with E-state index in [2.05, 4.69) is 5.10 Å². The van der Waals surface area contributed by atoms with Gasteiger partial charge in [-0.15, -0.1) is 0 Å². The Morgan fingerprint density at radius 2 is 2.20 bits per heavy atom. The van der Waals surface area contributed by atoms with E-state index in [4.69, 9.17) is 11.6 Å². The normalized spacial score (nSPS) is 12.3. The van der Waals surface area contributed by atoms with E-state index in [1.54, 1.807) is 0 Å². The molecule has 1 heterocycles. The van der Waals surface area contributed by atoms with Crippen molar-refractivity contribution >= 4 is 17.9 Å². The molecule has 1 aromatic heterocycles. The molecule has 0 radical (unpaired) electrons. The number of aldehydes is 1. The van der Waals surface area contributed by atoms with Crippen LogP contribution in [0.1, 0.15) is 16.1 Å². The number of alkyl halides is 3. The van der Waals surface area contributed by atoms with E-state index in [9.17, 15) is 18.0 Å². The summed E-state index contributed by atoms with van der Waals surface area (Å²) >= 11 is 5.21. The minimum atomic E-state index is -4.62. The molecule has 0 atom stereocenters. The van der Waals surface area contributed by atoms with Crippen LogP contribution in [0, 0.1) is 0 Å². The topological polar surface area (TPSA) is 34.9 Å². The van der Waals surface area contributed by atoms with Crippen molar-refractivity contribution in [3.05, 3.63) is 29.1 Å². The Morgan fingerprint density at radius 3 is 2.60 bits per heavy atom. The number of aromatic nitrogens is 2. The maximum atomic E-state index is 12.3. The lowest BCUT2D eigenvalue weighted by Gasteiger charge is -2.01. The van der Waals surface area contributed by atoms with Crippen molar-refractivity contribution in [2.45, 2.75) is 12.7 Å². The molecule has 0 unspecified atom stereocenters. The van der Waals surface area contributed by atoms with Crippen LogP contribution in [0.5, 0.6) is 0 Å². The van der Waals surface area contributed by atoms with Gasteiger partial charge in [0.15, 0.2) is 12.0 Å². The predicted octanol–water partition coefficient (Wildman–Crippen LogP) is 2.47. The summed E-state index contributed by atoms with van der Waals surface area (Å²) in [4.78, 5) is 10.4. The van der Waals surface area contributed by atoms with Crippen LogP contribution < -0.4 is 0 Å². The zero-order chi connectivity index (χ0) is 11.5. The van der Waals surface area contributed by atoms with E-state index in [-0.39, 0.29) is 12.8 Å². The standard InChI is InChI=1S/C8H6ClF3N2O/c9-2-1-3-14-4-6(5-15)7(13-14)8(10,11)12/h1-2,4-5H,3H2. The molecule has 0 bridgehead atoms. The van der Waals surface area contributed by atoms with Gasteiger partial charge in [-0.3, -0.25) is 9.48 Å². The monoisotopic (exact) mass is 238 g/mol. The van der Waals surface area contributed by atoms with Gasteiger partial charge < -0.3 is 0 Å². The van der Waals surface area contributed by atoms with Gasteiger partial charge in [0.2, 0.25) is 0 Å². The number of carbonyl (C=O) groups is 1. The average molecular weight is 239 g/mol. The summed E-state index contributed by atoms with van der Waals surface area (Å²) in [6.45, 7) is 0.0837.